The molecule has 1 aliphatic rings. The standard InChI is InChI=1S/C21H23BrFN3O4/c1-13-2-5-18(30-13)21(29)25-15-7-10-26(11-8-15)19(27)6-9-24-20(28)16-12-14(23)3-4-17(16)22/h2-5,12,15H,6-11H2,1H3,(H,24,28)(H,25,29). The van der Waals surface area contributed by atoms with Crippen molar-refractivity contribution in [1.29, 1.82) is 0 Å². The van der Waals surface area contributed by atoms with E-state index in [0.717, 1.165) is 6.07 Å². The molecule has 0 bridgehead atoms. The smallest absolute Gasteiger partial charge is 0.287 e. The summed E-state index contributed by atoms with van der Waals surface area (Å²) in [6.07, 6.45) is 1.46. The second kappa shape index (κ2) is 9.88. The SMILES string of the molecule is Cc1ccc(C(=O)NC2CCN(C(=O)CCNC(=O)c3cc(F)ccc3Br)CC2)o1. The van der Waals surface area contributed by atoms with Crippen LogP contribution in [0.1, 0.15) is 45.9 Å². The molecule has 1 fully saturated rings. The lowest BCUT2D eigenvalue weighted by atomic mass is 10.0. The first-order valence-electron chi connectivity index (χ1n) is 9.72. The fraction of sp³-hybridized carbons (Fsp3) is 0.381. The Morgan fingerprint density at radius 1 is 1.17 bits per heavy atom. The van der Waals surface area contributed by atoms with Gasteiger partial charge in [-0.05, 0) is 66.0 Å². The molecule has 2 N–H and O–H groups in total. The summed E-state index contributed by atoms with van der Waals surface area (Å²) in [6.45, 7) is 3.00. The Bertz CT molecular complexity index is 938. The Kier molecular flexibility index (Phi) is 7.25. The lowest BCUT2D eigenvalue weighted by molar-refractivity contribution is -0.132. The molecule has 3 amide bonds. The predicted octanol–water partition coefficient (Wildman–Crippen LogP) is 3.03. The first-order valence-corrected chi connectivity index (χ1v) is 10.5. The molecule has 0 aliphatic carbocycles. The van der Waals surface area contributed by atoms with Crippen LogP contribution in [0.3, 0.4) is 0 Å². The highest BCUT2D eigenvalue weighted by atomic mass is 79.9. The molecule has 3 rings (SSSR count). The van der Waals surface area contributed by atoms with Crippen molar-refractivity contribution in [2.24, 2.45) is 0 Å². The number of carbonyl (C=O) groups is 3. The van der Waals surface area contributed by atoms with Crippen LogP contribution in [0, 0.1) is 12.7 Å². The minimum atomic E-state index is -0.503. The third-order valence-corrected chi connectivity index (χ3v) is 5.64. The molecule has 2 heterocycles. The number of furan rings is 1. The molecule has 0 spiro atoms. The molecule has 1 aliphatic heterocycles. The molecule has 9 heteroatoms. The molecule has 0 unspecified atom stereocenters. The zero-order valence-electron chi connectivity index (χ0n) is 16.5. The van der Waals surface area contributed by atoms with Crippen molar-refractivity contribution in [2.45, 2.75) is 32.2 Å². The van der Waals surface area contributed by atoms with Crippen molar-refractivity contribution < 1.29 is 23.2 Å². The number of halogens is 2. The molecule has 0 radical (unpaired) electrons. The number of hydrogen-bond acceptors (Lipinski definition) is 4. The van der Waals surface area contributed by atoms with E-state index in [9.17, 15) is 18.8 Å². The summed E-state index contributed by atoms with van der Waals surface area (Å²) in [6, 6.07) is 7.22. The van der Waals surface area contributed by atoms with Gasteiger partial charge >= 0.3 is 0 Å². The number of nitrogens with zero attached hydrogens (tertiary/aromatic N) is 1. The number of rotatable bonds is 6. The van der Waals surface area contributed by atoms with Gasteiger partial charge in [0, 0.05) is 36.6 Å². The van der Waals surface area contributed by atoms with E-state index < -0.39 is 11.7 Å². The summed E-state index contributed by atoms with van der Waals surface area (Å²) in [7, 11) is 0. The number of piperidine rings is 1. The Hall–Kier alpha value is -2.68. The van der Waals surface area contributed by atoms with Gasteiger partial charge in [-0.15, -0.1) is 0 Å². The molecule has 2 aromatic rings. The first kappa shape index (κ1) is 22.0. The first-order chi connectivity index (χ1) is 14.3. The number of likely N-dealkylation sites (tertiary alicyclic amines) is 1. The highest BCUT2D eigenvalue weighted by Crippen LogP contribution is 2.18. The average Bonchev–Trinajstić information content (AvgIpc) is 3.16. The Morgan fingerprint density at radius 3 is 2.57 bits per heavy atom. The maximum atomic E-state index is 13.3. The summed E-state index contributed by atoms with van der Waals surface area (Å²) < 4.78 is 19.1. The monoisotopic (exact) mass is 479 g/mol. The normalized spacial score (nSPS) is 14.4. The third-order valence-electron chi connectivity index (χ3n) is 4.94. The maximum absolute atomic E-state index is 13.3. The number of nitrogens with one attached hydrogen (secondary N) is 2. The van der Waals surface area contributed by atoms with Crippen LogP contribution >= 0.6 is 15.9 Å². The zero-order valence-corrected chi connectivity index (χ0v) is 18.1. The lowest BCUT2D eigenvalue weighted by Gasteiger charge is -2.32. The highest BCUT2D eigenvalue weighted by molar-refractivity contribution is 9.10. The molecule has 0 atom stereocenters. The number of amides is 3. The van der Waals surface area contributed by atoms with E-state index in [1.165, 1.54) is 12.1 Å². The van der Waals surface area contributed by atoms with Crippen LogP contribution in [0.4, 0.5) is 4.39 Å². The predicted molar refractivity (Wildman–Crippen MR) is 112 cm³/mol. The van der Waals surface area contributed by atoms with Gasteiger partial charge in [-0.1, -0.05) is 0 Å². The third kappa shape index (κ3) is 5.69. The zero-order chi connectivity index (χ0) is 21.7. The van der Waals surface area contributed by atoms with Crippen LogP contribution < -0.4 is 10.6 Å². The number of aryl methyl sites for hydroxylation is 1. The number of hydrogen-bond donors (Lipinski definition) is 2. The topological polar surface area (TPSA) is 91.7 Å². The second-order valence-electron chi connectivity index (χ2n) is 7.17. The van der Waals surface area contributed by atoms with Crippen LogP contribution in [0.15, 0.2) is 39.2 Å². The van der Waals surface area contributed by atoms with Crippen LogP contribution in [0.2, 0.25) is 0 Å². The van der Waals surface area contributed by atoms with E-state index in [-0.39, 0.29) is 42.1 Å². The Balaban J connectivity index is 1.39. The van der Waals surface area contributed by atoms with Crippen molar-refractivity contribution in [3.63, 3.8) is 0 Å². The van der Waals surface area contributed by atoms with Gasteiger partial charge in [0.15, 0.2) is 5.76 Å². The molecular weight excluding hydrogens is 457 g/mol. The van der Waals surface area contributed by atoms with Gasteiger partial charge in [0.1, 0.15) is 11.6 Å². The quantitative estimate of drug-likeness (QED) is 0.665. The maximum Gasteiger partial charge on any atom is 0.287 e. The molecule has 1 aromatic carbocycles. The number of carbonyl (C=O) groups excluding carboxylic acids is 3. The van der Waals surface area contributed by atoms with E-state index >= 15 is 0 Å². The van der Waals surface area contributed by atoms with E-state index in [1.807, 2.05) is 0 Å². The average molecular weight is 480 g/mol. The van der Waals surface area contributed by atoms with Gasteiger partial charge < -0.3 is 20.0 Å². The van der Waals surface area contributed by atoms with Crippen molar-refractivity contribution in [1.82, 2.24) is 15.5 Å². The van der Waals surface area contributed by atoms with E-state index in [0.29, 0.717) is 36.2 Å². The summed E-state index contributed by atoms with van der Waals surface area (Å²) in [5.74, 6) is -0.302. The summed E-state index contributed by atoms with van der Waals surface area (Å²) in [5, 5.41) is 5.57. The van der Waals surface area contributed by atoms with Crippen LogP contribution in [0.25, 0.3) is 0 Å². The molecule has 160 valence electrons. The molecule has 1 saturated heterocycles. The molecule has 1 aromatic heterocycles. The molecular formula is C21H23BrFN3O4. The van der Waals surface area contributed by atoms with Gasteiger partial charge in [-0.3, -0.25) is 14.4 Å². The van der Waals surface area contributed by atoms with Crippen LogP contribution in [0.5, 0.6) is 0 Å². The van der Waals surface area contributed by atoms with Crippen molar-refractivity contribution >= 4 is 33.7 Å². The van der Waals surface area contributed by atoms with Gasteiger partial charge in [0.25, 0.3) is 11.8 Å². The molecule has 7 nitrogen and oxygen atoms in total. The minimum Gasteiger partial charge on any atom is -0.456 e. The fourth-order valence-electron chi connectivity index (χ4n) is 3.29. The Labute approximate surface area is 182 Å². The summed E-state index contributed by atoms with van der Waals surface area (Å²) in [4.78, 5) is 38.4. The van der Waals surface area contributed by atoms with Gasteiger partial charge in [0.2, 0.25) is 5.91 Å². The summed E-state index contributed by atoms with van der Waals surface area (Å²) >= 11 is 3.21. The van der Waals surface area contributed by atoms with Gasteiger partial charge in [0.05, 0.1) is 5.56 Å². The highest BCUT2D eigenvalue weighted by Gasteiger charge is 2.24. The Morgan fingerprint density at radius 2 is 1.90 bits per heavy atom. The van der Waals surface area contributed by atoms with E-state index in [4.69, 9.17) is 4.42 Å². The lowest BCUT2D eigenvalue weighted by Crippen LogP contribution is -2.47. The fourth-order valence-corrected chi connectivity index (χ4v) is 3.72. The van der Waals surface area contributed by atoms with Crippen LogP contribution in [-0.4, -0.2) is 48.3 Å². The van der Waals surface area contributed by atoms with Gasteiger partial charge in [-0.2, -0.15) is 0 Å². The van der Waals surface area contributed by atoms with Crippen molar-refractivity contribution in [3.8, 4) is 0 Å². The van der Waals surface area contributed by atoms with Crippen molar-refractivity contribution in [2.75, 3.05) is 19.6 Å². The van der Waals surface area contributed by atoms with Crippen LogP contribution in [-0.2, 0) is 4.79 Å². The van der Waals surface area contributed by atoms with Gasteiger partial charge in [-0.25, -0.2) is 4.39 Å². The molecule has 30 heavy (non-hydrogen) atoms. The van der Waals surface area contributed by atoms with E-state index in [1.54, 1.807) is 24.0 Å². The second-order valence-corrected chi connectivity index (χ2v) is 8.02. The van der Waals surface area contributed by atoms with E-state index in [2.05, 4.69) is 26.6 Å². The van der Waals surface area contributed by atoms with Crippen molar-refractivity contribution in [3.05, 3.63) is 57.7 Å². The molecule has 0 saturated carbocycles. The number of benzene rings is 1. The minimum absolute atomic E-state index is 0.0167. The largest absolute Gasteiger partial charge is 0.456 e. The summed E-state index contributed by atoms with van der Waals surface area (Å²) in [5.41, 5.74) is 0.186.